The van der Waals surface area contributed by atoms with Gasteiger partial charge in [-0.05, 0) is 13.2 Å². The van der Waals surface area contributed by atoms with E-state index in [-0.39, 0.29) is 0 Å². The predicted molar refractivity (Wildman–Crippen MR) is 63.5 cm³/mol. The first-order valence-electron chi connectivity index (χ1n) is 5.02. The Kier molecular flexibility index (Phi) is 5.31. The van der Waals surface area contributed by atoms with Crippen LogP contribution in [0.2, 0.25) is 0 Å². The average Bonchev–Trinajstić information content (AvgIpc) is 2.25. The highest BCUT2D eigenvalue weighted by Crippen LogP contribution is 2.29. The van der Waals surface area contributed by atoms with E-state index in [1.54, 1.807) is 13.2 Å². The average molecular weight is 272 g/mol. The third-order valence-electron chi connectivity index (χ3n) is 2.75. The van der Waals surface area contributed by atoms with Crippen LogP contribution >= 0.6 is 23.4 Å². The maximum absolute atomic E-state index is 9.76. The number of thioether (sulfide) groups is 1. The van der Waals surface area contributed by atoms with Gasteiger partial charge in [-0.25, -0.2) is 0 Å². The molecule has 0 amide bonds. The summed E-state index contributed by atoms with van der Waals surface area (Å²) < 4.78 is 5.45. The third kappa shape index (κ3) is 2.81. The molecule has 1 saturated heterocycles. The molecule has 1 fully saturated rings. The number of alkyl halides is 1. The largest absolute Gasteiger partial charge is 0.388 e. The minimum atomic E-state index is -1.27. The van der Waals surface area contributed by atoms with E-state index in [2.05, 4.69) is 0 Å². The smallest absolute Gasteiger partial charge is 0.132 e. The zero-order valence-electron chi connectivity index (χ0n) is 9.15. The van der Waals surface area contributed by atoms with Gasteiger partial charge >= 0.3 is 0 Å². The van der Waals surface area contributed by atoms with E-state index < -0.39 is 41.3 Å². The number of nitrogens with two attached hydrogens (primary N) is 1. The van der Waals surface area contributed by atoms with Crippen LogP contribution in [0.15, 0.2) is 0 Å². The van der Waals surface area contributed by atoms with Gasteiger partial charge in [-0.2, -0.15) is 0 Å². The van der Waals surface area contributed by atoms with Crippen molar-refractivity contribution in [3.05, 3.63) is 0 Å². The van der Waals surface area contributed by atoms with Crippen LogP contribution in [0.1, 0.15) is 6.92 Å². The van der Waals surface area contributed by atoms with Crippen molar-refractivity contribution < 1.29 is 20.1 Å². The second-order valence-corrected chi connectivity index (χ2v) is 5.56. The molecule has 7 heteroatoms. The zero-order valence-corrected chi connectivity index (χ0v) is 10.7. The minimum Gasteiger partial charge on any atom is -0.388 e. The van der Waals surface area contributed by atoms with Crippen LogP contribution in [0.4, 0.5) is 0 Å². The van der Waals surface area contributed by atoms with Crippen LogP contribution in [0.25, 0.3) is 0 Å². The summed E-state index contributed by atoms with van der Waals surface area (Å²) in [6.07, 6.45) is -2.65. The Morgan fingerprint density at radius 2 is 1.81 bits per heavy atom. The normalized spacial score (nSPS) is 44.1. The van der Waals surface area contributed by atoms with Crippen LogP contribution in [0.3, 0.4) is 0 Å². The lowest BCUT2D eigenvalue weighted by Crippen LogP contribution is -2.62. The first-order valence-corrected chi connectivity index (χ1v) is 6.74. The predicted octanol–water partition coefficient (Wildman–Crippen LogP) is -0.888. The van der Waals surface area contributed by atoms with Crippen molar-refractivity contribution in [3.63, 3.8) is 0 Å². The lowest BCUT2D eigenvalue weighted by atomic mass is 9.94. The molecule has 0 aromatic carbocycles. The van der Waals surface area contributed by atoms with Gasteiger partial charge in [0.15, 0.2) is 0 Å². The lowest BCUT2D eigenvalue weighted by molar-refractivity contribution is -0.202. The molecule has 0 saturated carbocycles. The molecule has 16 heavy (non-hydrogen) atoms. The molecule has 7 atom stereocenters. The standard InChI is InChI=1S/C9H18ClNO4S/c1-3(10)4(11)8-6(13)5(12)7(14)9(15-8)16-2/h3-9,12-14H,11H2,1-2H3/t3-,4+,5-,6+,7+,8-,9+/m0/s1. The molecule has 0 unspecified atom stereocenters. The van der Waals surface area contributed by atoms with E-state index in [4.69, 9.17) is 22.1 Å². The van der Waals surface area contributed by atoms with Gasteiger partial charge in [0.05, 0.1) is 0 Å². The van der Waals surface area contributed by atoms with E-state index in [0.29, 0.717) is 0 Å². The van der Waals surface area contributed by atoms with Crippen molar-refractivity contribution in [2.24, 2.45) is 5.73 Å². The fourth-order valence-electron chi connectivity index (χ4n) is 1.65. The summed E-state index contributed by atoms with van der Waals surface area (Å²) in [5, 5.41) is 28.6. The molecule has 5 nitrogen and oxygen atoms in total. The summed E-state index contributed by atoms with van der Waals surface area (Å²) in [7, 11) is 0. The molecule has 1 rings (SSSR count). The van der Waals surface area contributed by atoms with E-state index >= 15 is 0 Å². The number of halogens is 1. The Morgan fingerprint density at radius 3 is 2.25 bits per heavy atom. The van der Waals surface area contributed by atoms with Crippen molar-refractivity contribution >= 4 is 23.4 Å². The molecule has 0 aromatic rings. The molecule has 0 bridgehead atoms. The van der Waals surface area contributed by atoms with Gasteiger partial charge in [-0.1, -0.05) is 0 Å². The quantitative estimate of drug-likeness (QED) is 0.498. The van der Waals surface area contributed by atoms with Gasteiger partial charge in [0.1, 0.15) is 29.9 Å². The summed E-state index contributed by atoms with van der Waals surface area (Å²) in [5.74, 6) is 0. The fraction of sp³-hybridized carbons (Fsp3) is 1.00. The van der Waals surface area contributed by atoms with Crippen molar-refractivity contribution in [1.82, 2.24) is 0 Å². The number of hydrogen-bond acceptors (Lipinski definition) is 6. The van der Waals surface area contributed by atoms with Crippen LogP contribution in [-0.4, -0.2) is 62.8 Å². The first kappa shape index (κ1) is 14.5. The number of rotatable bonds is 3. The van der Waals surface area contributed by atoms with E-state index in [9.17, 15) is 15.3 Å². The number of aliphatic hydroxyl groups excluding tert-OH is 3. The van der Waals surface area contributed by atoms with E-state index in [1.165, 1.54) is 11.8 Å². The molecular formula is C9H18ClNO4S. The van der Waals surface area contributed by atoms with Gasteiger partial charge in [0, 0.05) is 11.4 Å². The molecule has 1 aliphatic rings. The summed E-state index contributed by atoms with van der Waals surface area (Å²) in [6, 6.07) is -0.603. The molecule has 0 spiro atoms. The Hall–Kier alpha value is 0.440. The van der Waals surface area contributed by atoms with Crippen molar-refractivity contribution in [2.75, 3.05) is 6.26 Å². The Bertz CT molecular complexity index is 232. The molecule has 0 radical (unpaired) electrons. The summed E-state index contributed by atoms with van der Waals surface area (Å²) in [5.41, 5.74) is 5.18. The highest BCUT2D eigenvalue weighted by Gasteiger charge is 2.46. The van der Waals surface area contributed by atoms with E-state index in [1.807, 2.05) is 0 Å². The van der Waals surface area contributed by atoms with Crippen LogP contribution in [0.5, 0.6) is 0 Å². The highest BCUT2D eigenvalue weighted by molar-refractivity contribution is 7.99. The van der Waals surface area contributed by atoms with Crippen LogP contribution in [-0.2, 0) is 4.74 Å². The number of aliphatic hydroxyl groups is 3. The molecule has 1 heterocycles. The maximum atomic E-state index is 9.76. The summed E-state index contributed by atoms with van der Waals surface area (Å²) in [4.78, 5) is 0. The molecule has 0 aromatic heterocycles. The second kappa shape index (κ2) is 5.86. The van der Waals surface area contributed by atoms with E-state index in [0.717, 1.165) is 0 Å². The molecular weight excluding hydrogens is 254 g/mol. The summed E-state index contributed by atoms with van der Waals surface area (Å²) >= 11 is 7.09. The first-order chi connectivity index (χ1) is 7.40. The molecule has 0 aliphatic carbocycles. The minimum absolute atomic E-state index is 0.399. The summed E-state index contributed by atoms with van der Waals surface area (Å²) in [6.45, 7) is 1.69. The van der Waals surface area contributed by atoms with Gasteiger partial charge < -0.3 is 25.8 Å². The monoisotopic (exact) mass is 271 g/mol. The Morgan fingerprint density at radius 1 is 1.25 bits per heavy atom. The van der Waals surface area contributed by atoms with Crippen LogP contribution in [0, 0.1) is 0 Å². The molecule has 96 valence electrons. The second-order valence-electron chi connectivity index (χ2n) is 3.93. The topological polar surface area (TPSA) is 95.9 Å². The highest BCUT2D eigenvalue weighted by atomic mass is 35.5. The third-order valence-corrected chi connectivity index (χ3v) is 3.89. The Balaban J connectivity index is 2.78. The van der Waals surface area contributed by atoms with Crippen molar-refractivity contribution in [2.45, 2.75) is 48.2 Å². The van der Waals surface area contributed by atoms with Gasteiger partial charge in [0.2, 0.25) is 0 Å². The van der Waals surface area contributed by atoms with Gasteiger partial charge in [0.25, 0.3) is 0 Å². The van der Waals surface area contributed by atoms with Gasteiger partial charge in [-0.3, -0.25) is 0 Å². The van der Waals surface area contributed by atoms with Crippen molar-refractivity contribution in [3.8, 4) is 0 Å². The van der Waals surface area contributed by atoms with Gasteiger partial charge in [-0.15, -0.1) is 23.4 Å². The van der Waals surface area contributed by atoms with Crippen LogP contribution < -0.4 is 5.73 Å². The lowest BCUT2D eigenvalue weighted by Gasteiger charge is -2.42. The zero-order chi connectivity index (χ0) is 12.5. The maximum Gasteiger partial charge on any atom is 0.132 e. The number of ether oxygens (including phenoxy) is 1. The van der Waals surface area contributed by atoms with Crippen molar-refractivity contribution in [1.29, 1.82) is 0 Å². The number of hydrogen-bond donors (Lipinski definition) is 4. The SMILES string of the molecule is CS[C@H]1O[C@@H]([C@H](N)[C@H](C)Cl)[C@H](O)[C@H](O)[C@H]1O. The Labute approximate surface area is 104 Å². The molecule has 1 aliphatic heterocycles. The molecule has 5 N–H and O–H groups in total. The fourth-order valence-corrected chi connectivity index (χ4v) is 2.47.